The molecule has 3 atom stereocenters. The first-order valence-electron chi connectivity index (χ1n) is 11.5. The van der Waals surface area contributed by atoms with Crippen LogP contribution in [0.5, 0.6) is 0 Å². The number of aromatic nitrogens is 2. The molecule has 0 unspecified atom stereocenters. The second-order valence-electron chi connectivity index (χ2n) is 9.26. The first-order chi connectivity index (χ1) is 16.0. The molecule has 2 aromatic heterocycles. The highest BCUT2D eigenvalue weighted by atomic mass is 16.3. The summed E-state index contributed by atoms with van der Waals surface area (Å²) in [7, 11) is 0. The summed E-state index contributed by atoms with van der Waals surface area (Å²) in [6, 6.07) is 12.8. The lowest BCUT2D eigenvalue weighted by molar-refractivity contribution is -0.120. The van der Waals surface area contributed by atoms with Crippen LogP contribution in [0.15, 0.2) is 62.7 Å². The van der Waals surface area contributed by atoms with Crippen molar-refractivity contribution in [3.8, 4) is 0 Å². The Balaban J connectivity index is 1.51. The number of nitrogen functional groups attached to an aromatic ring is 1. The molecule has 2 fully saturated rings. The molecule has 0 radical (unpaired) electrons. The minimum Gasteiger partial charge on any atom is -0.467 e. The van der Waals surface area contributed by atoms with Crippen molar-refractivity contribution in [1.82, 2.24) is 9.55 Å². The fraction of sp³-hybridized carbons (Fsp3) is 0.400. The Morgan fingerprint density at radius 2 is 1.94 bits per heavy atom. The molecule has 5 rings (SSSR count). The van der Waals surface area contributed by atoms with Crippen LogP contribution < -0.4 is 21.9 Å². The van der Waals surface area contributed by atoms with E-state index in [1.165, 1.54) is 35.0 Å². The van der Waals surface area contributed by atoms with Gasteiger partial charge in [0.05, 0.1) is 19.4 Å². The molecule has 1 aromatic carbocycles. The predicted molar refractivity (Wildman–Crippen MR) is 125 cm³/mol. The van der Waals surface area contributed by atoms with Gasteiger partial charge in [-0.05, 0) is 54.7 Å². The molecule has 8 heteroatoms. The number of nitrogens with one attached hydrogen (secondary N) is 1. The highest BCUT2D eigenvalue weighted by molar-refractivity contribution is 5.95. The number of anilines is 2. The Morgan fingerprint density at radius 3 is 2.61 bits per heavy atom. The van der Waals surface area contributed by atoms with Gasteiger partial charge in [0.2, 0.25) is 5.91 Å². The summed E-state index contributed by atoms with van der Waals surface area (Å²) < 4.78 is 6.77. The van der Waals surface area contributed by atoms with E-state index in [-0.39, 0.29) is 30.5 Å². The molecule has 33 heavy (non-hydrogen) atoms. The van der Waals surface area contributed by atoms with Crippen LogP contribution in [0.2, 0.25) is 0 Å². The lowest BCUT2D eigenvalue weighted by Gasteiger charge is -2.27. The molecule has 3 aromatic rings. The number of H-pyrrole nitrogens is 1. The predicted octanol–water partition coefficient (Wildman–Crippen LogP) is 3.12. The number of nitrogens with zero attached hydrogens (tertiary/aromatic N) is 2. The number of fused-ring (bicyclic) bond motifs is 2. The van der Waals surface area contributed by atoms with E-state index in [2.05, 4.69) is 4.98 Å². The Kier molecular flexibility index (Phi) is 5.66. The Hall–Kier alpha value is -3.55. The number of rotatable bonds is 7. The van der Waals surface area contributed by atoms with E-state index in [9.17, 15) is 14.4 Å². The maximum atomic E-state index is 13.5. The molecule has 172 valence electrons. The van der Waals surface area contributed by atoms with Crippen LogP contribution in [-0.2, 0) is 17.9 Å². The smallest absolute Gasteiger partial charge is 0.330 e. The van der Waals surface area contributed by atoms with Gasteiger partial charge in [-0.3, -0.25) is 24.0 Å². The topological polar surface area (TPSA) is 114 Å². The summed E-state index contributed by atoms with van der Waals surface area (Å²) in [4.78, 5) is 42.8. The highest BCUT2D eigenvalue weighted by Gasteiger charge is 2.41. The third kappa shape index (κ3) is 4.25. The first kappa shape index (κ1) is 21.3. The van der Waals surface area contributed by atoms with Gasteiger partial charge in [0, 0.05) is 6.42 Å². The Bertz CT molecular complexity index is 1250. The minimum absolute atomic E-state index is 0.00455. The van der Waals surface area contributed by atoms with Crippen molar-refractivity contribution >= 4 is 17.4 Å². The zero-order chi connectivity index (χ0) is 22.9. The van der Waals surface area contributed by atoms with Crippen LogP contribution >= 0.6 is 0 Å². The van der Waals surface area contributed by atoms with Crippen LogP contribution in [0.25, 0.3) is 0 Å². The average molecular weight is 449 g/mol. The van der Waals surface area contributed by atoms with Gasteiger partial charge in [-0.25, -0.2) is 4.79 Å². The van der Waals surface area contributed by atoms with Crippen molar-refractivity contribution in [3.63, 3.8) is 0 Å². The van der Waals surface area contributed by atoms with Gasteiger partial charge in [-0.2, -0.15) is 0 Å². The third-order valence-electron chi connectivity index (χ3n) is 7.18. The number of benzene rings is 1. The van der Waals surface area contributed by atoms with Crippen LogP contribution in [-0.4, -0.2) is 15.5 Å². The van der Waals surface area contributed by atoms with Crippen molar-refractivity contribution < 1.29 is 9.21 Å². The maximum absolute atomic E-state index is 13.5. The standard InChI is InChI=1S/C25H28N4O4/c26-23-22(24(31)27-25(32)29(23)14-16-5-2-1-3-6-16)28(15-20-7-4-10-33-20)21(30)13-19-12-17-8-9-18(19)11-17/h1-7,10,17-19H,8-9,11-15,26H2,(H,27,31,32)/t17-,18-,19-/m0/s1. The first-order valence-corrected chi connectivity index (χ1v) is 11.5. The molecule has 2 aliphatic rings. The molecule has 8 nitrogen and oxygen atoms in total. The lowest BCUT2D eigenvalue weighted by Crippen LogP contribution is -2.41. The summed E-state index contributed by atoms with van der Waals surface area (Å²) in [5.41, 5.74) is 5.96. The number of nitrogens with two attached hydrogens (primary N) is 1. The van der Waals surface area contributed by atoms with Crippen LogP contribution in [0.3, 0.4) is 0 Å². The zero-order valence-electron chi connectivity index (χ0n) is 18.4. The zero-order valence-corrected chi connectivity index (χ0v) is 18.4. The number of furan rings is 1. The SMILES string of the molecule is Nc1c(N(Cc2ccco2)C(=O)C[C@@H]2C[C@H]3CC[C@H]2C3)c(=O)[nH]c(=O)n1Cc1ccccc1. The molecular weight excluding hydrogens is 420 g/mol. The summed E-state index contributed by atoms with van der Waals surface area (Å²) in [6.07, 6.45) is 6.57. The van der Waals surface area contributed by atoms with Gasteiger partial charge in [0.25, 0.3) is 5.56 Å². The number of amides is 1. The molecule has 0 aliphatic heterocycles. The number of hydrogen-bond donors (Lipinski definition) is 2. The summed E-state index contributed by atoms with van der Waals surface area (Å²) in [5, 5.41) is 0. The van der Waals surface area contributed by atoms with Crippen LogP contribution in [0.4, 0.5) is 11.5 Å². The van der Waals surface area contributed by atoms with Crippen LogP contribution in [0.1, 0.15) is 43.4 Å². The van der Waals surface area contributed by atoms with Crippen molar-refractivity contribution in [2.24, 2.45) is 17.8 Å². The molecule has 2 saturated carbocycles. The van der Waals surface area contributed by atoms with E-state index in [0.717, 1.165) is 12.0 Å². The van der Waals surface area contributed by atoms with Gasteiger partial charge < -0.3 is 10.2 Å². The normalized spacial score (nSPS) is 21.4. The molecule has 3 N–H and O–H groups in total. The quantitative estimate of drug-likeness (QED) is 0.576. The number of aromatic amines is 1. The van der Waals surface area contributed by atoms with Crippen molar-refractivity contribution in [2.75, 3.05) is 10.6 Å². The second-order valence-corrected chi connectivity index (χ2v) is 9.26. The van der Waals surface area contributed by atoms with Crippen molar-refractivity contribution in [1.29, 1.82) is 0 Å². The Labute approximate surface area is 191 Å². The largest absolute Gasteiger partial charge is 0.467 e. The molecule has 0 spiro atoms. The lowest BCUT2D eigenvalue weighted by atomic mass is 9.86. The summed E-state index contributed by atoms with van der Waals surface area (Å²) >= 11 is 0. The van der Waals surface area contributed by atoms with Gasteiger partial charge in [-0.15, -0.1) is 0 Å². The number of carbonyl (C=O) groups excluding carboxylic acids is 1. The number of carbonyl (C=O) groups is 1. The fourth-order valence-corrected chi connectivity index (χ4v) is 5.57. The molecule has 1 amide bonds. The van der Waals surface area contributed by atoms with E-state index in [1.54, 1.807) is 12.1 Å². The van der Waals surface area contributed by atoms with Gasteiger partial charge in [-0.1, -0.05) is 36.8 Å². The monoisotopic (exact) mass is 448 g/mol. The summed E-state index contributed by atoms with van der Waals surface area (Å²) in [6.45, 7) is 0.258. The fourth-order valence-electron chi connectivity index (χ4n) is 5.57. The molecule has 2 heterocycles. The average Bonchev–Trinajstić information content (AvgIpc) is 3.55. The van der Waals surface area contributed by atoms with Gasteiger partial charge >= 0.3 is 5.69 Å². The maximum Gasteiger partial charge on any atom is 0.330 e. The number of hydrogen-bond acceptors (Lipinski definition) is 5. The molecule has 0 saturated heterocycles. The van der Waals surface area contributed by atoms with Gasteiger partial charge in [0.1, 0.15) is 11.6 Å². The second kappa shape index (κ2) is 8.77. The summed E-state index contributed by atoms with van der Waals surface area (Å²) in [5.74, 6) is 1.95. The van der Waals surface area contributed by atoms with Crippen LogP contribution in [0, 0.1) is 17.8 Å². The molecule has 2 bridgehead atoms. The molecule has 2 aliphatic carbocycles. The third-order valence-corrected chi connectivity index (χ3v) is 7.18. The van der Waals surface area contributed by atoms with E-state index >= 15 is 0 Å². The van der Waals surface area contributed by atoms with Crippen molar-refractivity contribution in [2.45, 2.75) is 45.2 Å². The van der Waals surface area contributed by atoms with E-state index in [4.69, 9.17) is 10.2 Å². The van der Waals surface area contributed by atoms with E-state index < -0.39 is 11.2 Å². The van der Waals surface area contributed by atoms with Gasteiger partial charge in [0.15, 0.2) is 5.69 Å². The van der Waals surface area contributed by atoms with E-state index in [1.807, 2.05) is 30.3 Å². The van der Waals surface area contributed by atoms with E-state index in [0.29, 0.717) is 29.9 Å². The van der Waals surface area contributed by atoms with Crippen molar-refractivity contribution in [3.05, 3.63) is 80.9 Å². The molecular formula is C25H28N4O4. The Morgan fingerprint density at radius 1 is 1.12 bits per heavy atom. The highest BCUT2D eigenvalue weighted by Crippen LogP contribution is 2.49. The minimum atomic E-state index is -0.672.